The van der Waals surface area contributed by atoms with Crippen LogP contribution in [0.25, 0.3) is 0 Å². The van der Waals surface area contributed by atoms with Gasteiger partial charge in [0.1, 0.15) is 0 Å². The van der Waals surface area contributed by atoms with Crippen LogP contribution in [-0.2, 0) is 13.0 Å². The summed E-state index contributed by atoms with van der Waals surface area (Å²) in [7, 11) is 0. The zero-order valence-corrected chi connectivity index (χ0v) is 12.2. The number of nitrogens with one attached hydrogen (secondary N) is 1. The van der Waals surface area contributed by atoms with E-state index in [1.54, 1.807) is 0 Å². The second kappa shape index (κ2) is 7.54. The predicted molar refractivity (Wildman–Crippen MR) is 82.9 cm³/mol. The van der Waals surface area contributed by atoms with E-state index in [-0.39, 0.29) is 0 Å². The molecule has 1 nitrogen and oxygen atoms in total. The zero-order chi connectivity index (χ0) is 13.5. The molecule has 2 rings (SSSR count). The van der Waals surface area contributed by atoms with Crippen LogP contribution in [0.15, 0.2) is 48.5 Å². The smallest absolute Gasteiger partial charge is 0.0451 e. The van der Waals surface area contributed by atoms with E-state index >= 15 is 0 Å². The molecular weight excluding hydrogens is 277 g/mol. The molecule has 0 aliphatic rings. The molecule has 0 aliphatic carbocycles. The van der Waals surface area contributed by atoms with Gasteiger partial charge in [-0.25, -0.2) is 0 Å². The van der Waals surface area contributed by atoms with Gasteiger partial charge in [0, 0.05) is 16.6 Å². The Labute approximate surface area is 124 Å². The molecule has 3 heteroatoms. The van der Waals surface area contributed by atoms with Crippen molar-refractivity contribution in [3.05, 3.63) is 69.7 Å². The van der Waals surface area contributed by atoms with Gasteiger partial charge in [0.15, 0.2) is 0 Å². The monoisotopic (exact) mass is 293 g/mol. The van der Waals surface area contributed by atoms with Crippen molar-refractivity contribution in [2.75, 3.05) is 6.54 Å². The fourth-order valence-electron chi connectivity index (χ4n) is 1.96. The summed E-state index contributed by atoms with van der Waals surface area (Å²) in [5.41, 5.74) is 2.43. The fraction of sp³-hybridized carbons (Fsp3) is 0.250. The lowest BCUT2D eigenvalue weighted by molar-refractivity contribution is 0.649. The van der Waals surface area contributed by atoms with Crippen molar-refractivity contribution in [3.63, 3.8) is 0 Å². The Kier molecular flexibility index (Phi) is 5.71. The number of hydrogen-bond acceptors (Lipinski definition) is 1. The lowest BCUT2D eigenvalue weighted by atomic mass is 10.1. The normalized spacial score (nSPS) is 10.6. The predicted octanol–water partition coefficient (Wildman–Crippen LogP) is 4.72. The third-order valence-electron chi connectivity index (χ3n) is 2.99. The molecule has 19 heavy (non-hydrogen) atoms. The van der Waals surface area contributed by atoms with E-state index in [4.69, 9.17) is 23.2 Å². The molecule has 0 atom stereocenters. The van der Waals surface area contributed by atoms with Gasteiger partial charge in [-0.1, -0.05) is 53.5 Å². The van der Waals surface area contributed by atoms with Crippen LogP contribution in [0.5, 0.6) is 0 Å². The molecular formula is C16H17Cl2N. The number of hydrogen-bond donors (Lipinski definition) is 1. The van der Waals surface area contributed by atoms with Gasteiger partial charge in [-0.2, -0.15) is 0 Å². The molecule has 0 aromatic heterocycles. The molecule has 0 saturated heterocycles. The largest absolute Gasteiger partial charge is 0.313 e. The highest BCUT2D eigenvalue weighted by Gasteiger charge is 2.00. The van der Waals surface area contributed by atoms with Crippen LogP contribution < -0.4 is 5.32 Å². The maximum Gasteiger partial charge on any atom is 0.0451 e. The number of rotatable bonds is 6. The second-order valence-corrected chi connectivity index (χ2v) is 5.35. The summed E-state index contributed by atoms with van der Waals surface area (Å²) in [5, 5.41) is 4.89. The van der Waals surface area contributed by atoms with Crippen molar-refractivity contribution in [2.24, 2.45) is 0 Å². The third kappa shape index (κ3) is 4.87. The molecule has 0 heterocycles. The molecule has 1 N–H and O–H groups in total. The Morgan fingerprint density at radius 2 is 1.74 bits per heavy atom. The first-order chi connectivity index (χ1) is 9.25. The molecule has 0 bridgehead atoms. The average molecular weight is 294 g/mol. The van der Waals surface area contributed by atoms with Gasteiger partial charge in [-0.3, -0.25) is 0 Å². The number of halogens is 2. The highest BCUT2D eigenvalue weighted by atomic mass is 35.5. The molecule has 0 fully saturated rings. The minimum atomic E-state index is 0.727. The van der Waals surface area contributed by atoms with E-state index in [0.29, 0.717) is 0 Å². The van der Waals surface area contributed by atoms with Crippen molar-refractivity contribution < 1.29 is 0 Å². The third-order valence-corrected chi connectivity index (χ3v) is 3.59. The Morgan fingerprint density at radius 1 is 0.947 bits per heavy atom. The van der Waals surface area contributed by atoms with Crippen LogP contribution >= 0.6 is 23.2 Å². The van der Waals surface area contributed by atoms with Crippen LogP contribution in [0.2, 0.25) is 10.0 Å². The molecule has 100 valence electrons. The minimum Gasteiger partial charge on any atom is -0.313 e. The Morgan fingerprint density at radius 3 is 2.53 bits per heavy atom. The second-order valence-electron chi connectivity index (χ2n) is 4.50. The van der Waals surface area contributed by atoms with E-state index in [2.05, 4.69) is 29.6 Å². The summed E-state index contributed by atoms with van der Waals surface area (Å²) in [6.07, 6.45) is 2.21. The highest BCUT2D eigenvalue weighted by molar-refractivity contribution is 6.33. The van der Waals surface area contributed by atoms with Crippen molar-refractivity contribution in [1.82, 2.24) is 5.32 Å². The van der Waals surface area contributed by atoms with Crippen molar-refractivity contribution in [1.29, 1.82) is 0 Å². The molecule has 0 saturated carbocycles. The zero-order valence-electron chi connectivity index (χ0n) is 10.7. The summed E-state index contributed by atoms with van der Waals surface area (Å²) >= 11 is 12.1. The summed E-state index contributed by atoms with van der Waals surface area (Å²) < 4.78 is 0. The van der Waals surface area contributed by atoms with E-state index in [0.717, 1.165) is 41.5 Å². The van der Waals surface area contributed by atoms with Gasteiger partial charge in [-0.15, -0.1) is 0 Å². The summed E-state index contributed by atoms with van der Waals surface area (Å²) in [4.78, 5) is 0. The number of aryl methyl sites for hydroxylation is 1. The van der Waals surface area contributed by atoms with Crippen LogP contribution in [-0.4, -0.2) is 6.54 Å². The SMILES string of the molecule is Clc1ccc(Cl)c(CNCCCc2ccccc2)c1. The van der Waals surface area contributed by atoms with Crippen LogP contribution in [0.1, 0.15) is 17.5 Å². The maximum atomic E-state index is 6.11. The first-order valence-electron chi connectivity index (χ1n) is 6.44. The highest BCUT2D eigenvalue weighted by Crippen LogP contribution is 2.20. The Bertz CT molecular complexity index is 511. The minimum absolute atomic E-state index is 0.727. The Balaban J connectivity index is 1.71. The van der Waals surface area contributed by atoms with Gasteiger partial charge in [-0.05, 0) is 48.7 Å². The van der Waals surface area contributed by atoms with Crippen molar-refractivity contribution in [2.45, 2.75) is 19.4 Å². The first-order valence-corrected chi connectivity index (χ1v) is 7.20. The van der Waals surface area contributed by atoms with Crippen LogP contribution in [0.4, 0.5) is 0 Å². The first kappa shape index (κ1) is 14.4. The van der Waals surface area contributed by atoms with E-state index < -0.39 is 0 Å². The fourth-order valence-corrected chi connectivity index (χ4v) is 2.34. The maximum absolute atomic E-state index is 6.11. The molecule has 0 radical (unpaired) electrons. The lowest BCUT2D eigenvalue weighted by Gasteiger charge is -2.07. The van der Waals surface area contributed by atoms with Crippen molar-refractivity contribution >= 4 is 23.2 Å². The van der Waals surface area contributed by atoms with Gasteiger partial charge in [0.25, 0.3) is 0 Å². The molecule has 2 aromatic rings. The standard InChI is InChI=1S/C16H17Cl2N/c17-15-8-9-16(18)14(11-15)12-19-10-4-7-13-5-2-1-3-6-13/h1-3,5-6,8-9,11,19H,4,7,10,12H2. The summed E-state index contributed by atoms with van der Waals surface area (Å²) in [5.74, 6) is 0. The van der Waals surface area contributed by atoms with Gasteiger partial charge >= 0.3 is 0 Å². The lowest BCUT2D eigenvalue weighted by Crippen LogP contribution is -2.15. The summed E-state index contributed by atoms with van der Waals surface area (Å²) in [6.45, 7) is 1.73. The van der Waals surface area contributed by atoms with E-state index in [1.165, 1.54) is 5.56 Å². The van der Waals surface area contributed by atoms with Crippen LogP contribution in [0, 0.1) is 0 Å². The number of benzene rings is 2. The van der Waals surface area contributed by atoms with E-state index in [1.807, 2.05) is 24.3 Å². The van der Waals surface area contributed by atoms with Gasteiger partial charge < -0.3 is 5.32 Å². The van der Waals surface area contributed by atoms with E-state index in [9.17, 15) is 0 Å². The topological polar surface area (TPSA) is 12.0 Å². The molecule has 0 spiro atoms. The molecule has 0 aliphatic heterocycles. The molecule has 2 aromatic carbocycles. The quantitative estimate of drug-likeness (QED) is 0.760. The van der Waals surface area contributed by atoms with Crippen LogP contribution in [0.3, 0.4) is 0 Å². The molecule has 0 unspecified atom stereocenters. The van der Waals surface area contributed by atoms with Crippen molar-refractivity contribution in [3.8, 4) is 0 Å². The molecule has 0 amide bonds. The van der Waals surface area contributed by atoms with Gasteiger partial charge in [0.05, 0.1) is 0 Å². The average Bonchev–Trinajstić information content (AvgIpc) is 2.43. The van der Waals surface area contributed by atoms with Gasteiger partial charge in [0.2, 0.25) is 0 Å². The summed E-state index contributed by atoms with van der Waals surface area (Å²) in [6, 6.07) is 16.1. The Hall–Kier alpha value is -1.02.